The van der Waals surface area contributed by atoms with Gasteiger partial charge in [-0.2, -0.15) is 6.07 Å². The molecule has 0 bridgehead atoms. The number of hydrogen-bond donors (Lipinski definition) is 0. The Hall–Kier alpha value is -1.12. The number of hydrogen-bond acceptors (Lipinski definition) is 1. The highest BCUT2D eigenvalue weighted by Crippen LogP contribution is 2.18. The highest BCUT2D eigenvalue weighted by Gasteiger charge is 1.95. The van der Waals surface area contributed by atoms with Crippen LogP contribution < -0.4 is 4.74 Å². The summed E-state index contributed by atoms with van der Waals surface area (Å²) >= 11 is 0. The second kappa shape index (κ2) is 2.64. The Morgan fingerprint density at radius 2 is 2.20 bits per heavy atom. The van der Waals surface area contributed by atoms with Gasteiger partial charge < -0.3 is 4.74 Å². The lowest BCUT2D eigenvalue weighted by atomic mass is 10.3. The van der Waals surface area contributed by atoms with Crippen molar-refractivity contribution in [3.8, 4) is 5.75 Å². The van der Waals surface area contributed by atoms with Crippen molar-refractivity contribution in [1.29, 1.82) is 0 Å². The summed E-state index contributed by atoms with van der Waals surface area (Å²) in [5.41, 5.74) is 0. The lowest BCUT2D eigenvalue weighted by Gasteiger charge is -2.09. The summed E-state index contributed by atoms with van der Waals surface area (Å²) in [6, 6.07) is 4.41. The first kappa shape index (κ1) is 6.99. The van der Waals surface area contributed by atoms with Crippen molar-refractivity contribution in [1.82, 2.24) is 0 Å². The van der Waals surface area contributed by atoms with Crippen LogP contribution in [0.25, 0.3) is 0 Å². The van der Waals surface area contributed by atoms with Crippen LogP contribution in [0, 0.1) is 17.7 Å². The molecule has 0 N–H and O–H groups in total. The van der Waals surface area contributed by atoms with Crippen LogP contribution in [0.15, 0.2) is 12.1 Å². The molecular formula is C7H5F2O-. The first-order valence-electron chi connectivity index (χ1n) is 2.65. The van der Waals surface area contributed by atoms with Crippen molar-refractivity contribution in [2.45, 2.75) is 0 Å². The highest BCUT2D eigenvalue weighted by atomic mass is 19.1. The molecule has 0 spiro atoms. The summed E-state index contributed by atoms with van der Waals surface area (Å²) < 4.78 is 29.3. The Balaban J connectivity index is 3.17. The normalized spacial score (nSPS) is 9.50. The van der Waals surface area contributed by atoms with Crippen LogP contribution in [0.4, 0.5) is 8.78 Å². The van der Waals surface area contributed by atoms with Crippen LogP contribution >= 0.6 is 0 Å². The summed E-state index contributed by atoms with van der Waals surface area (Å²) in [6.45, 7) is 0. The standard InChI is InChI=1S/C7H5F2O/c1-10-7-5(8)3-2-4-6(7)9/h2-3H,1H3/q-1. The number of ether oxygens (including phenoxy) is 1. The zero-order valence-electron chi connectivity index (χ0n) is 5.32. The van der Waals surface area contributed by atoms with Gasteiger partial charge in [-0.15, -0.1) is 12.1 Å². The molecule has 1 rings (SSSR count). The van der Waals surface area contributed by atoms with Gasteiger partial charge >= 0.3 is 0 Å². The number of methoxy groups -OCH3 is 1. The highest BCUT2D eigenvalue weighted by molar-refractivity contribution is 5.24. The molecule has 0 aliphatic carbocycles. The lowest BCUT2D eigenvalue weighted by Crippen LogP contribution is -1.91. The zero-order chi connectivity index (χ0) is 7.56. The van der Waals surface area contributed by atoms with Crippen molar-refractivity contribution in [2.75, 3.05) is 7.11 Å². The van der Waals surface area contributed by atoms with Gasteiger partial charge in [0, 0.05) is 0 Å². The topological polar surface area (TPSA) is 9.23 Å². The van der Waals surface area contributed by atoms with E-state index in [4.69, 9.17) is 0 Å². The Morgan fingerprint density at radius 3 is 2.60 bits per heavy atom. The SMILES string of the molecule is COc1c(F)[c-]ccc1F. The first-order chi connectivity index (χ1) is 4.75. The number of halogens is 2. The van der Waals surface area contributed by atoms with Gasteiger partial charge in [0.2, 0.25) is 0 Å². The molecule has 0 unspecified atom stereocenters. The molecule has 0 atom stereocenters. The van der Waals surface area contributed by atoms with E-state index in [1.54, 1.807) is 0 Å². The van der Waals surface area contributed by atoms with E-state index < -0.39 is 11.6 Å². The molecule has 1 aromatic rings. The molecular weight excluding hydrogens is 138 g/mol. The van der Waals surface area contributed by atoms with Gasteiger partial charge in [-0.25, -0.2) is 8.78 Å². The van der Waals surface area contributed by atoms with Crippen molar-refractivity contribution in [3.63, 3.8) is 0 Å². The van der Waals surface area contributed by atoms with Crippen molar-refractivity contribution >= 4 is 0 Å². The molecule has 10 heavy (non-hydrogen) atoms. The van der Waals surface area contributed by atoms with E-state index in [0.717, 1.165) is 12.1 Å². The molecule has 54 valence electrons. The van der Waals surface area contributed by atoms with Gasteiger partial charge in [-0.05, 0) is 0 Å². The summed E-state index contributed by atoms with van der Waals surface area (Å²) in [5.74, 6) is -1.90. The molecule has 0 saturated carbocycles. The van der Waals surface area contributed by atoms with Crippen molar-refractivity contribution in [3.05, 3.63) is 29.8 Å². The molecule has 0 fully saturated rings. The van der Waals surface area contributed by atoms with E-state index in [9.17, 15) is 8.78 Å². The van der Waals surface area contributed by atoms with Crippen LogP contribution in [-0.2, 0) is 0 Å². The van der Waals surface area contributed by atoms with Gasteiger partial charge in [-0.3, -0.25) is 0 Å². The second-order valence-electron chi connectivity index (χ2n) is 1.67. The van der Waals surface area contributed by atoms with E-state index in [2.05, 4.69) is 10.8 Å². The third kappa shape index (κ3) is 1.07. The number of benzene rings is 1. The van der Waals surface area contributed by atoms with Crippen LogP contribution in [-0.4, -0.2) is 7.11 Å². The number of rotatable bonds is 1. The van der Waals surface area contributed by atoms with Gasteiger partial charge in [0.1, 0.15) is 0 Å². The molecule has 1 nitrogen and oxygen atoms in total. The van der Waals surface area contributed by atoms with E-state index in [1.165, 1.54) is 7.11 Å². The molecule has 3 heteroatoms. The minimum Gasteiger partial charge on any atom is -0.548 e. The predicted molar refractivity (Wildman–Crippen MR) is 31.7 cm³/mol. The Bertz CT molecular complexity index is 215. The summed E-state index contributed by atoms with van der Waals surface area (Å²) in [5, 5.41) is 0. The van der Waals surface area contributed by atoms with E-state index in [-0.39, 0.29) is 5.75 Å². The monoisotopic (exact) mass is 143 g/mol. The minimum absolute atomic E-state index is 0.387. The van der Waals surface area contributed by atoms with Crippen LogP contribution in [0.5, 0.6) is 5.75 Å². The molecule has 0 heterocycles. The maximum Gasteiger partial charge on any atom is 0.0761 e. The molecule has 0 saturated heterocycles. The molecule has 0 radical (unpaired) electrons. The molecule has 0 amide bonds. The molecule has 0 aliphatic heterocycles. The molecule has 1 aromatic carbocycles. The summed E-state index contributed by atoms with van der Waals surface area (Å²) in [6.07, 6.45) is 0. The Morgan fingerprint density at radius 1 is 1.50 bits per heavy atom. The first-order valence-corrected chi connectivity index (χ1v) is 2.65. The van der Waals surface area contributed by atoms with Crippen molar-refractivity contribution in [2.24, 2.45) is 0 Å². The predicted octanol–water partition coefficient (Wildman–Crippen LogP) is 1.77. The van der Waals surface area contributed by atoms with Crippen LogP contribution in [0.3, 0.4) is 0 Å². The molecule has 0 aromatic heterocycles. The maximum absolute atomic E-state index is 12.5. The van der Waals surface area contributed by atoms with Crippen molar-refractivity contribution < 1.29 is 13.5 Å². The fraction of sp³-hybridized carbons (Fsp3) is 0.143. The van der Waals surface area contributed by atoms with Crippen LogP contribution in [0.2, 0.25) is 0 Å². The van der Waals surface area contributed by atoms with Gasteiger partial charge in [-0.1, -0.05) is 0 Å². The third-order valence-corrected chi connectivity index (χ3v) is 1.06. The van der Waals surface area contributed by atoms with E-state index in [1.807, 2.05) is 0 Å². The average molecular weight is 143 g/mol. The minimum atomic E-state index is -0.803. The van der Waals surface area contributed by atoms with Gasteiger partial charge in [0.15, 0.2) is 0 Å². The van der Waals surface area contributed by atoms with Crippen LogP contribution in [0.1, 0.15) is 0 Å². The van der Waals surface area contributed by atoms with Gasteiger partial charge in [0.25, 0.3) is 0 Å². The fourth-order valence-corrected chi connectivity index (χ4v) is 0.621. The largest absolute Gasteiger partial charge is 0.548 e. The van der Waals surface area contributed by atoms with E-state index in [0.29, 0.717) is 0 Å². The summed E-state index contributed by atoms with van der Waals surface area (Å²) in [7, 11) is 1.20. The smallest absolute Gasteiger partial charge is 0.0761 e. The van der Waals surface area contributed by atoms with E-state index >= 15 is 0 Å². The summed E-state index contributed by atoms with van der Waals surface area (Å²) in [4.78, 5) is 0. The quantitative estimate of drug-likeness (QED) is 0.544. The fourth-order valence-electron chi connectivity index (χ4n) is 0.621. The average Bonchev–Trinajstić information content (AvgIpc) is 1.88. The zero-order valence-corrected chi connectivity index (χ0v) is 5.32. The van der Waals surface area contributed by atoms with Gasteiger partial charge in [0.05, 0.1) is 24.5 Å². The Kier molecular flexibility index (Phi) is 1.85. The Labute approximate surface area is 57.2 Å². The molecule has 0 aliphatic rings. The second-order valence-corrected chi connectivity index (χ2v) is 1.67. The maximum atomic E-state index is 12.5. The third-order valence-electron chi connectivity index (χ3n) is 1.06. The lowest BCUT2D eigenvalue weighted by molar-refractivity contribution is 0.359.